The number of likely N-dealkylation sites (tertiary alicyclic amines) is 1. The molecule has 3 saturated carbocycles. The van der Waals surface area contributed by atoms with Crippen LogP contribution in [0.15, 0.2) is 76.1 Å². The van der Waals surface area contributed by atoms with E-state index in [1.165, 1.54) is 10.5 Å². The zero-order valence-electron chi connectivity index (χ0n) is 48.6. The molecule has 1 saturated heterocycles. The number of ketones is 1. The lowest BCUT2D eigenvalue weighted by Gasteiger charge is -2.70. The number of amides is 4. The number of aryl methyl sites for hydroxylation is 1. The molecule has 5 aliphatic carbocycles. The number of carbonyl (C=O) groups is 5. The van der Waals surface area contributed by atoms with Gasteiger partial charge in [-0.15, -0.1) is 11.3 Å². The number of aliphatic hydroxyl groups is 2. The predicted octanol–water partition coefficient (Wildman–Crippen LogP) is 8.60. The molecule has 2 aromatic rings. The van der Waals surface area contributed by atoms with Crippen molar-refractivity contribution in [1.29, 1.82) is 0 Å². The fourth-order valence-corrected chi connectivity index (χ4v) is 15.0. The molecule has 1 aromatic heterocycles. The number of hydrogen-bond donors (Lipinski definition) is 5. The zero-order chi connectivity index (χ0) is 57.3. The normalized spacial score (nSPS) is 30.2. The van der Waals surface area contributed by atoms with Crippen molar-refractivity contribution in [3.8, 4) is 10.4 Å². The second-order valence-corrected chi connectivity index (χ2v) is 26.5. The topological polar surface area (TPSA) is 215 Å². The first-order valence-electron chi connectivity index (χ1n) is 28.5. The average Bonchev–Trinajstić information content (AvgIpc) is 4.15. The Labute approximate surface area is 471 Å². The van der Waals surface area contributed by atoms with Crippen LogP contribution in [-0.4, -0.2) is 134 Å². The fourth-order valence-electron chi connectivity index (χ4n) is 14.2. The predicted molar refractivity (Wildman–Crippen MR) is 304 cm³/mol. The first-order chi connectivity index (χ1) is 37.3. The number of β-amino-alcohol motifs (C(OH)–C–C–N with tert-alkyl or cyclic N) is 1. The van der Waals surface area contributed by atoms with Gasteiger partial charge in [-0.05, 0) is 122 Å². The minimum absolute atomic E-state index is 0.0273. The summed E-state index contributed by atoms with van der Waals surface area (Å²) in [7, 11) is 0. The summed E-state index contributed by atoms with van der Waals surface area (Å²) in [5.41, 5.74) is 7.23. The summed E-state index contributed by atoms with van der Waals surface area (Å²) in [5, 5.41) is 30.2. The van der Waals surface area contributed by atoms with Crippen molar-refractivity contribution in [3.63, 3.8) is 0 Å². The van der Waals surface area contributed by atoms with Crippen molar-refractivity contribution in [1.82, 2.24) is 25.8 Å². The molecular formula is C62H87N5O11S. The van der Waals surface area contributed by atoms with Crippen LogP contribution in [0.25, 0.3) is 10.4 Å². The zero-order valence-corrected chi connectivity index (χ0v) is 49.4. The smallest absolute Gasteiger partial charge is 0.246 e. The number of fused-ring (bicyclic) bond motifs is 7. The van der Waals surface area contributed by atoms with Crippen LogP contribution < -0.4 is 16.0 Å². The maximum Gasteiger partial charge on any atom is 0.246 e. The van der Waals surface area contributed by atoms with E-state index in [0.29, 0.717) is 51.1 Å². The highest BCUT2D eigenvalue weighted by molar-refractivity contribution is 7.13. The van der Waals surface area contributed by atoms with E-state index in [1.54, 1.807) is 17.4 Å². The number of ether oxygens (including phenoxy) is 4. The maximum absolute atomic E-state index is 14.1. The van der Waals surface area contributed by atoms with E-state index >= 15 is 0 Å². The van der Waals surface area contributed by atoms with Crippen LogP contribution in [0, 0.1) is 45.3 Å². The number of aromatic nitrogens is 1. The van der Waals surface area contributed by atoms with Gasteiger partial charge in [-0.25, -0.2) is 4.98 Å². The van der Waals surface area contributed by atoms with E-state index in [1.807, 2.05) is 71.3 Å². The maximum atomic E-state index is 14.1. The van der Waals surface area contributed by atoms with Crippen LogP contribution in [0.3, 0.4) is 0 Å². The number of benzene rings is 1. The molecular weight excluding hydrogens is 1020 g/mol. The minimum Gasteiger partial charge on any atom is -0.504 e. The van der Waals surface area contributed by atoms with Gasteiger partial charge in [0.15, 0.2) is 5.76 Å². The van der Waals surface area contributed by atoms with E-state index in [4.69, 9.17) is 18.9 Å². The van der Waals surface area contributed by atoms with Crippen LogP contribution >= 0.6 is 11.3 Å². The Morgan fingerprint density at radius 3 is 2.14 bits per heavy atom. The summed E-state index contributed by atoms with van der Waals surface area (Å²) in [4.78, 5) is 74.6. The number of thiazole rings is 1. The molecule has 79 heavy (non-hydrogen) atoms. The van der Waals surface area contributed by atoms with Crippen molar-refractivity contribution >= 4 is 40.7 Å². The molecule has 2 heterocycles. The summed E-state index contributed by atoms with van der Waals surface area (Å²) in [6, 6.07) is 5.68. The lowest BCUT2D eigenvalue weighted by atomic mass is 9.34. The van der Waals surface area contributed by atoms with Gasteiger partial charge in [-0.1, -0.05) is 97.4 Å². The second kappa shape index (κ2) is 23.8. The number of hydrogen-bond acceptors (Lipinski definition) is 13. The van der Waals surface area contributed by atoms with Gasteiger partial charge in [-0.2, -0.15) is 0 Å². The monoisotopic (exact) mass is 1110 g/mol. The lowest BCUT2D eigenvalue weighted by molar-refractivity contribution is -0.169. The largest absolute Gasteiger partial charge is 0.504 e. The van der Waals surface area contributed by atoms with Crippen LogP contribution in [0.2, 0.25) is 0 Å². The average molecular weight is 1110 g/mol. The Kier molecular flexibility index (Phi) is 18.1. The number of nitrogens with one attached hydrogen (secondary N) is 3. The number of aliphatic hydroxyl groups excluding tert-OH is 2. The molecule has 0 radical (unpaired) electrons. The minimum atomic E-state index is -0.981. The van der Waals surface area contributed by atoms with E-state index in [0.717, 1.165) is 77.8 Å². The van der Waals surface area contributed by atoms with Gasteiger partial charge in [0, 0.05) is 35.9 Å². The first-order valence-corrected chi connectivity index (χ1v) is 29.4. The van der Waals surface area contributed by atoms with Gasteiger partial charge in [0.2, 0.25) is 29.4 Å². The van der Waals surface area contributed by atoms with Gasteiger partial charge in [-0.3, -0.25) is 24.0 Å². The summed E-state index contributed by atoms with van der Waals surface area (Å²) in [6.45, 7) is 25.2. The summed E-state index contributed by atoms with van der Waals surface area (Å²) in [6.07, 6.45) is 12.0. The molecule has 1 aromatic carbocycles. The van der Waals surface area contributed by atoms with Crippen molar-refractivity contribution < 1.29 is 53.1 Å². The molecule has 0 bridgehead atoms. The standard InChI is InChI=1S/C62H87N5O11S/c1-38-44-16-17-48-60(9,45(44)33-47(69)51(38)71)21-23-62(11)49-34-59(8,19-18-58(49,7)20-22-61(48,62)10)56(74)63-24-25-75-26-27-76-28-29-77-30-31-78-36-50(70)66-53(57(4,5)6)55(73)67-35-43(68)32-46(67)54(72)65-39(2)41-12-14-42(15-13-41)52-40(3)64-37-79-52/h12-17,33,37,39,43,46,49,53,68,71H,18-32,34-36H2,1-11H3,(H,63,74)(H,65,72)(H,66,70)/t39-,43+,46-,49+,53+,58+,59+,60-,61+,62-/m0/s1. The number of allylic oxidation sites excluding steroid dienone is 7. The third-order valence-corrected chi connectivity index (χ3v) is 20.3. The van der Waals surface area contributed by atoms with Crippen molar-refractivity contribution in [2.24, 2.45) is 38.4 Å². The summed E-state index contributed by atoms with van der Waals surface area (Å²) in [5.74, 6) is -1.36. The molecule has 4 fully saturated rings. The highest BCUT2D eigenvalue weighted by Crippen LogP contribution is 2.75. The Morgan fingerprint density at radius 1 is 0.848 bits per heavy atom. The Hall–Kier alpha value is -5.04. The highest BCUT2D eigenvalue weighted by Gasteiger charge is 2.67. The molecule has 6 aliphatic rings. The van der Waals surface area contributed by atoms with Gasteiger partial charge in [0.05, 0.1) is 74.5 Å². The molecule has 16 nitrogen and oxygen atoms in total. The van der Waals surface area contributed by atoms with E-state index in [9.17, 15) is 34.2 Å². The van der Waals surface area contributed by atoms with Gasteiger partial charge in [0.1, 0.15) is 18.7 Å². The third kappa shape index (κ3) is 12.1. The van der Waals surface area contributed by atoms with Gasteiger partial charge < -0.3 is 50.0 Å². The van der Waals surface area contributed by atoms with Crippen molar-refractivity contribution in [2.75, 3.05) is 65.9 Å². The van der Waals surface area contributed by atoms with Gasteiger partial charge >= 0.3 is 0 Å². The van der Waals surface area contributed by atoms with Crippen molar-refractivity contribution in [2.45, 2.75) is 152 Å². The fraction of sp³-hybridized carbons (Fsp3) is 0.645. The molecule has 0 spiro atoms. The molecule has 432 valence electrons. The van der Waals surface area contributed by atoms with Crippen LogP contribution in [0.5, 0.6) is 0 Å². The molecule has 0 unspecified atom stereocenters. The third-order valence-electron chi connectivity index (χ3n) is 19.4. The number of carbonyl (C=O) groups excluding carboxylic acids is 5. The molecule has 8 rings (SSSR count). The Morgan fingerprint density at radius 2 is 1.49 bits per heavy atom. The first kappa shape index (κ1) is 60.1. The lowest BCUT2D eigenvalue weighted by Crippen LogP contribution is -2.62. The number of rotatable bonds is 21. The van der Waals surface area contributed by atoms with E-state index in [-0.39, 0.29) is 83.8 Å². The van der Waals surface area contributed by atoms with E-state index < -0.39 is 40.8 Å². The van der Waals surface area contributed by atoms with E-state index in [2.05, 4.69) is 67.7 Å². The molecule has 4 amide bonds. The molecule has 1 aliphatic heterocycles. The van der Waals surface area contributed by atoms with Crippen molar-refractivity contribution in [3.05, 3.63) is 87.3 Å². The second-order valence-electron chi connectivity index (χ2n) is 25.6. The summed E-state index contributed by atoms with van der Waals surface area (Å²) >= 11 is 1.57. The van der Waals surface area contributed by atoms with Crippen LogP contribution in [-0.2, 0) is 42.9 Å². The molecule has 17 heteroatoms. The number of nitrogens with zero attached hydrogens (tertiary/aromatic N) is 2. The SMILES string of the molecule is CC1=C(O)C(=O)C=C2C1=CC=C1[C@@]2(C)CC[C@@]2(C)[C@@H]3C[C@](C)(C(=O)NCCOCCOCCOCCOCC(=O)N[C@H](C(=O)N4C[C@H](O)C[C@H]4C(=O)N[C@@H](C)c4ccc(-c5scnc5C)cc4)C(C)(C)C)CC[C@]3(C)CC[C@]12C. The molecule has 10 atom stereocenters. The van der Waals surface area contributed by atoms with Crippen LogP contribution in [0.4, 0.5) is 0 Å². The Bertz CT molecular complexity index is 2760. The van der Waals surface area contributed by atoms with Crippen LogP contribution in [0.1, 0.15) is 138 Å². The quantitative estimate of drug-likeness (QED) is 0.0744. The van der Waals surface area contributed by atoms with Gasteiger partial charge in [0.25, 0.3) is 0 Å². The Balaban J connectivity index is 0.698. The summed E-state index contributed by atoms with van der Waals surface area (Å²) < 4.78 is 22.7. The molecule has 5 N–H and O–H groups in total. The highest BCUT2D eigenvalue weighted by atomic mass is 32.1.